The first-order valence-corrected chi connectivity index (χ1v) is 12.3. The van der Waals surface area contributed by atoms with Gasteiger partial charge in [0.2, 0.25) is 0 Å². The highest BCUT2D eigenvalue weighted by Crippen LogP contribution is 2.52. The zero-order chi connectivity index (χ0) is 30.5. The van der Waals surface area contributed by atoms with E-state index in [2.05, 4.69) is 0 Å². The van der Waals surface area contributed by atoms with Crippen LogP contribution in [0.25, 0.3) is 0 Å². The van der Waals surface area contributed by atoms with E-state index in [-0.39, 0.29) is 29.8 Å². The van der Waals surface area contributed by atoms with Crippen molar-refractivity contribution in [2.45, 2.75) is 56.8 Å². The first kappa shape index (κ1) is 30.3. The number of ether oxygens (including phenoxy) is 1. The monoisotopic (exact) mass is 598 g/mol. The Bertz CT molecular complexity index is 1290. The predicted molar refractivity (Wildman–Crippen MR) is 125 cm³/mol. The first-order chi connectivity index (χ1) is 18.9. The summed E-state index contributed by atoms with van der Waals surface area (Å²) in [4.78, 5) is 26.8. The second kappa shape index (κ2) is 10.6. The number of amides is 2. The third kappa shape index (κ3) is 6.48. The molecule has 0 bridgehead atoms. The molecule has 4 rings (SSSR count). The van der Waals surface area contributed by atoms with Gasteiger partial charge in [0.15, 0.2) is 0 Å². The molecule has 0 saturated heterocycles. The lowest BCUT2D eigenvalue weighted by molar-refractivity contribution is -0.143. The zero-order valence-electron chi connectivity index (χ0n) is 21.2. The van der Waals surface area contributed by atoms with Gasteiger partial charge in [0.05, 0.1) is 35.0 Å². The number of alkyl halides is 9. The van der Waals surface area contributed by atoms with Gasteiger partial charge in [-0.15, -0.1) is 0 Å². The van der Waals surface area contributed by atoms with Gasteiger partial charge < -0.3 is 14.7 Å². The van der Waals surface area contributed by atoms with Crippen LogP contribution in [0.2, 0.25) is 0 Å². The number of halogens is 9. The van der Waals surface area contributed by atoms with Gasteiger partial charge in [0.1, 0.15) is 0 Å². The predicted octanol–water partition coefficient (Wildman–Crippen LogP) is 7.76. The van der Waals surface area contributed by atoms with Gasteiger partial charge in [-0.3, -0.25) is 4.90 Å². The highest BCUT2D eigenvalue weighted by atomic mass is 19.4. The molecule has 2 aromatic rings. The van der Waals surface area contributed by atoms with Crippen LogP contribution in [0.5, 0.6) is 0 Å². The van der Waals surface area contributed by atoms with Gasteiger partial charge in [-0.2, -0.15) is 39.5 Å². The summed E-state index contributed by atoms with van der Waals surface area (Å²) in [5.41, 5.74) is -4.95. The lowest BCUT2D eigenvalue weighted by atomic mass is 9.90. The zero-order valence-corrected chi connectivity index (χ0v) is 21.2. The summed E-state index contributed by atoms with van der Waals surface area (Å²) in [7, 11) is 0. The molecule has 2 atom stereocenters. The van der Waals surface area contributed by atoms with Crippen LogP contribution in [-0.4, -0.2) is 41.4 Å². The molecule has 2 aromatic carbocycles. The quantitative estimate of drug-likeness (QED) is 0.345. The number of rotatable bonds is 6. The molecule has 2 aliphatic rings. The maximum atomic E-state index is 13.6. The van der Waals surface area contributed by atoms with Crippen molar-refractivity contribution in [3.8, 4) is 0 Å². The Kier molecular flexibility index (Phi) is 7.86. The molecular formula is C26H23F9N2O4. The minimum Gasteiger partial charge on any atom is -0.465 e. The van der Waals surface area contributed by atoms with E-state index in [0.717, 1.165) is 23.1 Å². The molecule has 0 aromatic heterocycles. The highest BCUT2D eigenvalue weighted by molar-refractivity contribution is 5.92. The van der Waals surface area contributed by atoms with Crippen molar-refractivity contribution in [2.75, 3.05) is 18.1 Å². The summed E-state index contributed by atoms with van der Waals surface area (Å²) in [6.45, 7) is -0.0877. The van der Waals surface area contributed by atoms with Gasteiger partial charge >= 0.3 is 30.7 Å². The highest BCUT2D eigenvalue weighted by Gasteiger charge is 2.51. The molecule has 15 heteroatoms. The van der Waals surface area contributed by atoms with E-state index >= 15 is 0 Å². The van der Waals surface area contributed by atoms with Crippen molar-refractivity contribution >= 4 is 17.9 Å². The van der Waals surface area contributed by atoms with Crippen LogP contribution in [0, 0.1) is 5.92 Å². The molecule has 6 nitrogen and oxygen atoms in total. The average molecular weight is 598 g/mol. The van der Waals surface area contributed by atoms with Gasteiger partial charge in [-0.1, -0.05) is 0 Å². The number of fused-ring (bicyclic) bond motifs is 1. The van der Waals surface area contributed by atoms with Gasteiger partial charge in [0, 0.05) is 19.0 Å². The molecule has 41 heavy (non-hydrogen) atoms. The SMILES string of the molecule is CCOC(=O)N1c2ccc(C(F)(F)F)cc2C(CN(Cc2cc(C(F)(F)F)cc(C(F)(F)F)c2)C(=O)O)C1C1CC1. The summed E-state index contributed by atoms with van der Waals surface area (Å²) in [5, 5.41) is 9.88. The number of nitrogens with zero attached hydrogens (tertiary/aromatic N) is 2. The molecule has 2 amide bonds. The number of carbonyl (C=O) groups is 2. The van der Waals surface area contributed by atoms with Crippen molar-refractivity contribution in [3.05, 3.63) is 64.2 Å². The minimum absolute atomic E-state index is 0.0314. The fourth-order valence-electron chi connectivity index (χ4n) is 5.15. The Balaban J connectivity index is 1.77. The van der Waals surface area contributed by atoms with Crippen LogP contribution >= 0.6 is 0 Å². The van der Waals surface area contributed by atoms with Gasteiger partial charge in [0.25, 0.3) is 0 Å². The van der Waals surface area contributed by atoms with Crippen LogP contribution in [-0.2, 0) is 29.8 Å². The molecule has 1 fully saturated rings. The molecule has 0 radical (unpaired) electrons. The maximum absolute atomic E-state index is 13.6. The fourth-order valence-corrected chi connectivity index (χ4v) is 5.15. The van der Waals surface area contributed by atoms with E-state index in [1.165, 1.54) is 6.92 Å². The number of hydrogen-bond donors (Lipinski definition) is 1. The van der Waals surface area contributed by atoms with E-state index < -0.39 is 78.0 Å². The van der Waals surface area contributed by atoms with E-state index in [9.17, 15) is 54.2 Å². The van der Waals surface area contributed by atoms with Crippen LogP contribution in [0.3, 0.4) is 0 Å². The van der Waals surface area contributed by atoms with Gasteiger partial charge in [-0.05, 0) is 73.2 Å². The number of carbonyl (C=O) groups excluding carboxylic acids is 1. The fraction of sp³-hybridized carbons (Fsp3) is 0.462. The first-order valence-electron chi connectivity index (χ1n) is 12.3. The molecule has 1 heterocycles. The Morgan fingerprint density at radius 3 is 1.93 bits per heavy atom. The van der Waals surface area contributed by atoms with Crippen LogP contribution < -0.4 is 4.90 Å². The Labute approximate surface area is 227 Å². The molecule has 2 unspecified atom stereocenters. The Hall–Kier alpha value is -3.65. The van der Waals surface area contributed by atoms with Crippen molar-refractivity contribution in [3.63, 3.8) is 0 Å². The average Bonchev–Trinajstić information content (AvgIpc) is 3.64. The second-order valence-corrected chi connectivity index (χ2v) is 9.85. The van der Waals surface area contributed by atoms with Crippen molar-refractivity contribution in [1.82, 2.24) is 4.90 Å². The lowest BCUT2D eigenvalue weighted by Crippen LogP contribution is -2.44. The molecule has 1 aliphatic heterocycles. The summed E-state index contributed by atoms with van der Waals surface area (Å²) in [6, 6.07) is 2.44. The minimum atomic E-state index is -5.17. The molecule has 0 spiro atoms. The van der Waals surface area contributed by atoms with E-state index in [1.807, 2.05) is 0 Å². The molecular weight excluding hydrogens is 575 g/mol. The van der Waals surface area contributed by atoms with E-state index in [0.29, 0.717) is 29.9 Å². The number of carboxylic acid groups (broad SMARTS) is 1. The molecule has 1 aliphatic carbocycles. The third-order valence-electron chi connectivity index (χ3n) is 7.00. The standard InChI is InChI=1S/C26H23F9N2O4/c1-2-41-23(40)37-20-6-5-15(24(27,28)29)10-18(20)19(21(37)14-3-4-14)12-36(22(38)39)11-13-7-16(25(30,31)32)9-17(8-13)26(33,34)35/h5-10,14,19,21H,2-4,11-12H2,1H3,(H,38,39). The Morgan fingerprint density at radius 2 is 1.46 bits per heavy atom. The Morgan fingerprint density at radius 1 is 0.902 bits per heavy atom. The second-order valence-electron chi connectivity index (χ2n) is 9.85. The maximum Gasteiger partial charge on any atom is 0.416 e. The van der Waals surface area contributed by atoms with E-state index in [4.69, 9.17) is 4.74 Å². The van der Waals surface area contributed by atoms with Crippen molar-refractivity contribution in [2.24, 2.45) is 5.92 Å². The molecule has 1 saturated carbocycles. The third-order valence-corrected chi connectivity index (χ3v) is 7.00. The summed E-state index contributed by atoms with van der Waals surface area (Å²) >= 11 is 0. The summed E-state index contributed by atoms with van der Waals surface area (Å²) < 4.78 is 126. The lowest BCUT2D eigenvalue weighted by Gasteiger charge is -2.31. The normalized spacial score (nSPS) is 19.2. The van der Waals surface area contributed by atoms with Crippen molar-refractivity contribution < 1.29 is 58.9 Å². The topological polar surface area (TPSA) is 70.1 Å². The number of hydrogen-bond acceptors (Lipinski definition) is 3. The largest absolute Gasteiger partial charge is 0.465 e. The smallest absolute Gasteiger partial charge is 0.416 e. The number of anilines is 1. The van der Waals surface area contributed by atoms with Crippen LogP contribution in [0.15, 0.2) is 36.4 Å². The summed E-state index contributed by atoms with van der Waals surface area (Å²) in [5.74, 6) is -1.32. The van der Waals surface area contributed by atoms with Crippen LogP contribution in [0.4, 0.5) is 54.8 Å². The van der Waals surface area contributed by atoms with Crippen molar-refractivity contribution in [1.29, 1.82) is 0 Å². The number of benzene rings is 2. The molecule has 1 N–H and O–H groups in total. The van der Waals surface area contributed by atoms with Crippen LogP contribution in [0.1, 0.15) is 53.5 Å². The summed E-state index contributed by atoms with van der Waals surface area (Å²) in [6.07, 6.45) is -16.6. The van der Waals surface area contributed by atoms with E-state index in [1.54, 1.807) is 0 Å². The molecule has 224 valence electrons. The van der Waals surface area contributed by atoms with Gasteiger partial charge in [-0.25, -0.2) is 9.59 Å².